The van der Waals surface area contributed by atoms with E-state index in [0.717, 1.165) is 68.9 Å². The molecule has 1 aromatic heterocycles. The van der Waals surface area contributed by atoms with E-state index in [2.05, 4.69) is 165 Å². The predicted octanol–water partition coefficient (Wildman–Crippen LogP) is 10.7. The molecule has 1 saturated heterocycles. The molecule has 0 amide bonds. The number of benzene rings is 2. The van der Waals surface area contributed by atoms with Crippen LogP contribution in [-0.2, 0) is 44.5 Å². The number of alkyl halides is 3. The Kier molecular flexibility index (Phi) is 25.3. The molecule has 10 nitrogen and oxygen atoms in total. The first-order chi connectivity index (χ1) is 33.0. The molecule has 1 aliphatic heterocycles. The largest absolute Gasteiger partial charge is 0.435 e. The molecule has 2 heterocycles. The summed E-state index contributed by atoms with van der Waals surface area (Å²) >= 11 is 0. The zero-order valence-corrected chi connectivity index (χ0v) is 45.8. The van der Waals surface area contributed by atoms with Crippen molar-refractivity contribution in [2.45, 2.75) is 169 Å². The number of likely N-dealkylation sites (N-methyl/N-ethyl adjacent to an activating group) is 4. The Balaban J connectivity index is 1.63. The molecule has 13 heteroatoms. The standard InChI is InChI=1S/C57H95F3N6O4/c1-41(2)26-50-37-67-46(10)33-63(12)53(29-44(7)8)40-70-55(31-48-20-22-49(23-21-48)34-66-25-24-56(61-66)57(58,59)60)36-65(14)51(27-42(3)4)38-68-45(9)32-62(11)52(28-43(5)6)39-69-54(35-64(50)13)30-47-18-16-15-17-19-47/h15-25,41-46,50-55H,26-40H2,1-14H3/t45-,46-,50+,51+,52+,53+,54-,55-/m1/s1. The molecule has 70 heavy (non-hydrogen) atoms. The van der Waals surface area contributed by atoms with Crippen LogP contribution in [0.15, 0.2) is 66.9 Å². The molecule has 398 valence electrons. The Labute approximate surface area is 422 Å². The Morgan fingerprint density at radius 2 is 0.857 bits per heavy atom. The number of nitrogens with zero attached hydrogens (tertiary/aromatic N) is 6. The van der Waals surface area contributed by atoms with E-state index < -0.39 is 11.9 Å². The summed E-state index contributed by atoms with van der Waals surface area (Å²) in [7, 11) is 8.89. The first kappa shape index (κ1) is 59.7. The minimum absolute atomic E-state index is 0.0124. The lowest BCUT2D eigenvalue weighted by Gasteiger charge is -2.37. The van der Waals surface area contributed by atoms with E-state index in [9.17, 15) is 13.2 Å². The van der Waals surface area contributed by atoms with Gasteiger partial charge in [0.05, 0.1) is 57.4 Å². The summed E-state index contributed by atoms with van der Waals surface area (Å²) in [5.41, 5.74) is 2.40. The van der Waals surface area contributed by atoms with E-state index in [1.807, 2.05) is 12.1 Å². The minimum Gasteiger partial charge on any atom is -0.376 e. The zero-order valence-electron chi connectivity index (χ0n) is 45.8. The lowest BCUT2D eigenvalue weighted by molar-refractivity contribution is -0.141. The quantitative estimate of drug-likeness (QED) is 0.157. The van der Waals surface area contributed by atoms with Gasteiger partial charge >= 0.3 is 6.18 Å². The highest BCUT2D eigenvalue weighted by atomic mass is 19.4. The van der Waals surface area contributed by atoms with Gasteiger partial charge in [-0.2, -0.15) is 18.3 Å². The fraction of sp³-hybridized carbons (Fsp3) is 0.737. The number of hydrogen-bond acceptors (Lipinski definition) is 9. The summed E-state index contributed by atoms with van der Waals surface area (Å²) in [6.45, 7) is 28.6. The lowest BCUT2D eigenvalue weighted by Crippen LogP contribution is -2.47. The highest BCUT2D eigenvalue weighted by Gasteiger charge is 2.34. The van der Waals surface area contributed by atoms with Gasteiger partial charge in [0.25, 0.3) is 0 Å². The zero-order chi connectivity index (χ0) is 51.5. The van der Waals surface area contributed by atoms with Crippen LogP contribution < -0.4 is 0 Å². The van der Waals surface area contributed by atoms with Crippen molar-refractivity contribution in [2.75, 3.05) is 80.8 Å². The highest BCUT2D eigenvalue weighted by Crippen LogP contribution is 2.28. The fourth-order valence-electron chi connectivity index (χ4n) is 9.94. The molecule has 0 spiro atoms. The summed E-state index contributed by atoms with van der Waals surface area (Å²) in [5, 5.41) is 3.76. The van der Waals surface area contributed by atoms with Crippen LogP contribution in [0.4, 0.5) is 13.2 Å². The molecule has 0 N–H and O–H groups in total. The van der Waals surface area contributed by atoms with Crippen LogP contribution >= 0.6 is 0 Å². The molecular formula is C57H95F3N6O4. The first-order valence-electron chi connectivity index (χ1n) is 26.5. The maximum absolute atomic E-state index is 13.3. The lowest BCUT2D eigenvalue weighted by atomic mass is 10.0. The molecule has 3 aromatic rings. The average molecular weight is 985 g/mol. The summed E-state index contributed by atoms with van der Waals surface area (Å²) in [6, 6.07) is 20.8. The fourth-order valence-corrected chi connectivity index (χ4v) is 9.94. The molecule has 1 aliphatic rings. The van der Waals surface area contributed by atoms with E-state index in [-0.39, 0.29) is 55.1 Å². The van der Waals surface area contributed by atoms with Gasteiger partial charge < -0.3 is 18.9 Å². The number of aromatic nitrogens is 2. The molecule has 0 aliphatic carbocycles. The van der Waals surface area contributed by atoms with Crippen molar-refractivity contribution in [3.05, 3.63) is 89.2 Å². The third kappa shape index (κ3) is 22.1. The van der Waals surface area contributed by atoms with E-state index in [4.69, 9.17) is 18.9 Å². The summed E-state index contributed by atoms with van der Waals surface area (Å²) < 4.78 is 68.9. The van der Waals surface area contributed by atoms with Gasteiger partial charge in [-0.25, -0.2) is 0 Å². The molecular weight excluding hydrogens is 890 g/mol. The van der Waals surface area contributed by atoms with Crippen LogP contribution in [0.5, 0.6) is 0 Å². The second kappa shape index (κ2) is 29.7. The molecule has 1 fully saturated rings. The van der Waals surface area contributed by atoms with Crippen LogP contribution in [0.25, 0.3) is 0 Å². The van der Waals surface area contributed by atoms with Gasteiger partial charge in [0.2, 0.25) is 0 Å². The Morgan fingerprint density at radius 3 is 1.23 bits per heavy atom. The normalized spacial score (nSPS) is 26.4. The molecule has 0 bridgehead atoms. The van der Waals surface area contributed by atoms with Gasteiger partial charge in [0.15, 0.2) is 5.69 Å². The van der Waals surface area contributed by atoms with Crippen molar-refractivity contribution in [3.8, 4) is 0 Å². The first-order valence-corrected chi connectivity index (χ1v) is 26.5. The number of halogens is 3. The van der Waals surface area contributed by atoms with Crippen molar-refractivity contribution < 1.29 is 32.1 Å². The van der Waals surface area contributed by atoms with Gasteiger partial charge in [-0.15, -0.1) is 0 Å². The molecule has 4 rings (SSSR count). The Morgan fingerprint density at radius 1 is 0.500 bits per heavy atom. The van der Waals surface area contributed by atoms with Crippen molar-refractivity contribution in [1.82, 2.24) is 29.4 Å². The second-order valence-corrected chi connectivity index (χ2v) is 22.7. The van der Waals surface area contributed by atoms with E-state index in [0.29, 0.717) is 63.1 Å². The molecule has 2 aromatic carbocycles. The van der Waals surface area contributed by atoms with Crippen molar-refractivity contribution in [2.24, 2.45) is 23.7 Å². The van der Waals surface area contributed by atoms with Crippen LogP contribution in [0, 0.1) is 23.7 Å². The topological polar surface area (TPSA) is 67.7 Å². The third-order valence-corrected chi connectivity index (χ3v) is 13.8. The van der Waals surface area contributed by atoms with Gasteiger partial charge in [-0.05, 0) is 127 Å². The smallest absolute Gasteiger partial charge is 0.376 e. The van der Waals surface area contributed by atoms with Crippen molar-refractivity contribution in [3.63, 3.8) is 0 Å². The van der Waals surface area contributed by atoms with E-state index in [1.165, 1.54) is 16.4 Å². The van der Waals surface area contributed by atoms with Gasteiger partial charge in [-0.1, -0.05) is 110 Å². The van der Waals surface area contributed by atoms with Crippen LogP contribution in [0.2, 0.25) is 0 Å². The highest BCUT2D eigenvalue weighted by molar-refractivity contribution is 5.24. The summed E-state index contributed by atoms with van der Waals surface area (Å²) in [6.07, 6.45) is 2.40. The monoisotopic (exact) mass is 985 g/mol. The molecule has 0 unspecified atom stereocenters. The maximum atomic E-state index is 13.3. The summed E-state index contributed by atoms with van der Waals surface area (Å²) in [5.74, 6) is 1.97. The Bertz CT molecular complexity index is 1830. The van der Waals surface area contributed by atoms with Crippen LogP contribution in [0.3, 0.4) is 0 Å². The van der Waals surface area contributed by atoms with Crippen LogP contribution in [-0.4, -0.2) is 159 Å². The molecule has 8 atom stereocenters. The number of ether oxygens (including phenoxy) is 4. The second-order valence-electron chi connectivity index (χ2n) is 22.7. The third-order valence-electron chi connectivity index (χ3n) is 13.8. The predicted molar refractivity (Wildman–Crippen MR) is 280 cm³/mol. The van der Waals surface area contributed by atoms with Crippen molar-refractivity contribution >= 4 is 0 Å². The molecule has 0 saturated carbocycles. The van der Waals surface area contributed by atoms with E-state index >= 15 is 0 Å². The average Bonchev–Trinajstić information content (AvgIpc) is 3.76. The maximum Gasteiger partial charge on any atom is 0.435 e. The minimum atomic E-state index is -4.47. The summed E-state index contributed by atoms with van der Waals surface area (Å²) in [4.78, 5) is 9.82. The molecule has 0 radical (unpaired) electrons. The van der Waals surface area contributed by atoms with Gasteiger partial charge in [0.1, 0.15) is 0 Å². The number of rotatable bonds is 14. The van der Waals surface area contributed by atoms with E-state index in [1.54, 1.807) is 0 Å². The van der Waals surface area contributed by atoms with Crippen LogP contribution in [0.1, 0.15) is 117 Å². The van der Waals surface area contributed by atoms with Gasteiger partial charge in [0, 0.05) is 56.5 Å². The number of hydrogen-bond donors (Lipinski definition) is 0. The SMILES string of the molecule is CC(C)C[C@H]1CO[C@H](C)CN(C)[C@@H](CC(C)C)CO[C@H](Cc2ccccc2)CN(C)[C@@H](CC(C)C)CO[C@H](C)CN(C)[C@@H](CC(C)C)CO[C@H](Cc2ccc(Cn3ccc(C(F)(F)F)n3)cc2)CN1C. The van der Waals surface area contributed by atoms with Crippen molar-refractivity contribution in [1.29, 1.82) is 0 Å². The Hall–Kier alpha value is -2.88. The van der Waals surface area contributed by atoms with Gasteiger partial charge in [-0.3, -0.25) is 24.3 Å².